The lowest BCUT2D eigenvalue weighted by Crippen LogP contribution is -2.50. The predicted octanol–water partition coefficient (Wildman–Crippen LogP) is 2.05. The molecule has 2 aromatic rings. The zero-order chi connectivity index (χ0) is 14.1. The molecule has 1 fully saturated rings. The van der Waals surface area contributed by atoms with Crippen molar-refractivity contribution in [2.45, 2.75) is 19.4 Å². The second kappa shape index (κ2) is 5.54. The predicted molar refractivity (Wildman–Crippen MR) is 81.7 cm³/mol. The number of halogens is 1. The van der Waals surface area contributed by atoms with E-state index in [-0.39, 0.29) is 11.9 Å². The van der Waals surface area contributed by atoms with Crippen LogP contribution in [0.25, 0.3) is 10.9 Å². The molecule has 0 radical (unpaired) electrons. The van der Waals surface area contributed by atoms with Gasteiger partial charge in [0.25, 0.3) is 5.91 Å². The van der Waals surface area contributed by atoms with Crippen LogP contribution in [0.5, 0.6) is 0 Å². The van der Waals surface area contributed by atoms with Crippen molar-refractivity contribution in [1.82, 2.24) is 20.8 Å². The van der Waals surface area contributed by atoms with Crippen molar-refractivity contribution in [3.63, 3.8) is 0 Å². The summed E-state index contributed by atoms with van der Waals surface area (Å²) in [7, 11) is 0. The van der Waals surface area contributed by atoms with Crippen LogP contribution in [0.2, 0.25) is 0 Å². The van der Waals surface area contributed by atoms with E-state index in [2.05, 4.69) is 43.7 Å². The van der Waals surface area contributed by atoms with E-state index in [0.29, 0.717) is 11.6 Å². The monoisotopic (exact) mass is 336 g/mol. The highest BCUT2D eigenvalue weighted by atomic mass is 79.9. The highest BCUT2D eigenvalue weighted by Gasteiger charge is 2.24. The minimum Gasteiger partial charge on any atom is -0.346 e. The smallest absolute Gasteiger partial charge is 0.272 e. The van der Waals surface area contributed by atoms with E-state index in [0.717, 1.165) is 34.9 Å². The number of fused-ring (bicyclic) bond motifs is 1. The molecule has 106 valence electrons. The van der Waals surface area contributed by atoms with Crippen LogP contribution in [0.3, 0.4) is 0 Å². The number of amides is 1. The highest BCUT2D eigenvalue weighted by Crippen LogP contribution is 2.21. The molecule has 1 aliphatic rings. The fraction of sp³-hybridized carbons (Fsp3) is 0.429. The van der Waals surface area contributed by atoms with Crippen molar-refractivity contribution < 1.29 is 4.79 Å². The van der Waals surface area contributed by atoms with E-state index >= 15 is 0 Å². The van der Waals surface area contributed by atoms with Crippen molar-refractivity contribution in [3.05, 3.63) is 28.4 Å². The Labute approximate surface area is 125 Å². The number of hydrogen-bond acceptors (Lipinski definition) is 3. The van der Waals surface area contributed by atoms with Gasteiger partial charge in [0.1, 0.15) is 0 Å². The molecule has 3 N–H and O–H groups in total. The molecule has 1 saturated heterocycles. The van der Waals surface area contributed by atoms with E-state index in [1.807, 2.05) is 18.2 Å². The van der Waals surface area contributed by atoms with Gasteiger partial charge in [-0.1, -0.05) is 22.9 Å². The SMILES string of the molecule is CC1CCNCC1NC(=O)c1n[nH]c2ccc(Br)cc12. The Morgan fingerprint density at radius 3 is 3.15 bits per heavy atom. The van der Waals surface area contributed by atoms with E-state index in [1.54, 1.807) is 0 Å². The number of aromatic nitrogens is 2. The molecule has 1 aromatic heterocycles. The molecule has 0 bridgehead atoms. The Morgan fingerprint density at radius 2 is 2.35 bits per heavy atom. The number of nitrogens with zero attached hydrogens (tertiary/aromatic N) is 1. The fourth-order valence-corrected chi connectivity index (χ4v) is 2.94. The van der Waals surface area contributed by atoms with Gasteiger partial charge in [-0.3, -0.25) is 9.89 Å². The van der Waals surface area contributed by atoms with Crippen LogP contribution in [0, 0.1) is 5.92 Å². The summed E-state index contributed by atoms with van der Waals surface area (Å²) in [6.45, 7) is 4.01. The van der Waals surface area contributed by atoms with Crippen LogP contribution in [-0.4, -0.2) is 35.2 Å². The highest BCUT2D eigenvalue weighted by molar-refractivity contribution is 9.10. The van der Waals surface area contributed by atoms with Gasteiger partial charge in [0.2, 0.25) is 0 Å². The van der Waals surface area contributed by atoms with Crippen molar-refractivity contribution in [3.8, 4) is 0 Å². The number of carbonyl (C=O) groups excluding carboxylic acids is 1. The second-order valence-corrected chi connectivity index (χ2v) is 6.23. The fourth-order valence-electron chi connectivity index (χ4n) is 2.58. The molecule has 0 aliphatic carbocycles. The van der Waals surface area contributed by atoms with Gasteiger partial charge in [-0.15, -0.1) is 0 Å². The Balaban J connectivity index is 1.83. The van der Waals surface area contributed by atoms with Crippen molar-refractivity contribution in [1.29, 1.82) is 0 Å². The molecule has 5 nitrogen and oxygen atoms in total. The van der Waals surface area contributed by atoms with Gasteiger partial charge in [0, 0.05) is 22.4 Å². The molecule has 0 spiro atoms. The average molecular weight is 337 g/mol. The number of H-pyrrole nitrogens is 1. The van der Waals surface area contributed by atoms with Gasteiger partial charge in [-0.25, -0.2) is 0 Å². The third-order valence-corrected chi connectivity index (χ3v) is 4.38. The third kappa shape index (κ3) is 2.58. The minimum absolute atomic E-state index is 0.116. The van der Waals surface area contributed by atoms with Crippen molar-refractivity contribution in [2.24, 2.45) is 5.92 Å². The summed E-state index contributed by atoms with van der Waals surface area (Å²) in [5, 5.41) is 14.3. The van der Waals surface area contributed by atoms with Crippen LogP contribution < -0.4 is 10.6 Å². The summed E-state index contributed by atoms with van der Waals surface area (Å²) >= 11 is 3.43. The first-order chi connectivity index (χ1) is 9.65. The summed E-state index contributed by atoms with van der Waals surface area (Å²) < 4.78 is 0.938. The van der Waals surface area contributed by atoms with Crippen molar-refractivity contribution >= 4 is 32.7 Å². The summed E-state index contributed by atoms with van der Waals surface area (Å²) in [5.41, 5.74) is 1.33. The van der Waals surface area contributed by atoms with Gasteiger partial charge < -0.3 is 10.6 Å². The number of aromatic amines is 1. The largest absolute Gasteiger partial charge is 0.346 e. The lowest BCUT2D eigenvalue weighted by atomic mass is 9.94. The molecule has 3 rings (SSSR count). The van der Waals surface area contributed by atoms with E-state index in [1.165, 1.54) is 0 Å². The maximum atomic E-state index is 12.4. The van der Waals surface area contributed by atoms with Crippen LogP contribution in [0.1, 0.15) is 23.8 Å². The number of benzene rings is 1. The quantitative estimate of drug-likeness (QED) is 0.786. The Kier molecular flexibility index (Phi) is 3.76. The normalized spacial score (nSPS) is 22.9. The van der Waals surface area contributed by atoms with E-state index in [4.69, 9.17) is 0 Å². The maximum absolute atomic E-state index is 12.4. The standard InChI is InChI=1S/C14H17BrN4O/c1-8-4-5-16-7-12(8)17-14(20)13-10-6-9(15)2-3-11(10)18-19-13/h2-3,6,8,12,16H,4-5,7H2,1H3,(H,17,20)(H,18,19). The van der Waals surface area contributed by atoms with Gasteiger partial charge in [-0.05, 0) is 37.1 Å². The van der Waals surface area contributed by atoms with Gasteiger partial charge in [0.05, 0.1) is 5.52 Å². The Hall–Kier alpha value is -1.40. The van der Waals surface area contributed by atoms with Crippen molar-refractivity contribution in [2.75, 3.05) is 13.1 Å². The van der Waals surface area contributed by atoms with E-state index < -0.39 is 0 Å². The topological polar surface area (TPSA) is 69.8 Å². The molecule has 1 aliphatic heterocycles. The van der Waals surface area contributed by atoms with Crippen LogP contribution in [-0.2, 0) is 0 Å². The Morgan fingerprint density at radius 1 is 1.50 bits per heavy atom. The van der Waals surface area contributed by atoms with Crippen LogP contribution in [0.15, 0.2) is 22.7 Å². The molecule has 2 heterocycles. The first-order valence-electron chi connectivity index (χ1n) is 6.80. The summed E-state index contributed by atoms with van der Waals surface area (Å²) in [6.07, 6.45) is 1.08. The Bertz CT molecular complexity index is 639. The number of piperidine rings is 1. The van der Waals surface area contributed by atoms with Crippen LogP contribution in [0.4, 0.5) is 0 Å². The minimum atomic E-state index is -0.116. The third-order valence-electron chi connectivity index (χ3n) is 3.88. The maximum Gasteiger partial charge on any atom is 0.272 e. The first kappa shape index (κ1) is 13.6. The van der Waals surface area contributed by atoms with Gasteiger partial charge >= 0.3 is 0 Å². The lowest BCUT2D eigenvalue weighted by molar-refractivity contribution is 0.0912. The van der Waals surface area contributed by atoms with E-state index in [9.17, 15) is 4.79 Å². The number of carbonyl (C=O) groups is 1. The molecule has 1 aromatic carbocycles. The lowest BCUT2D eigenvalue weighted by Gasteiger charge is -2.29. The summed E-state index contributed by atoms with van der Waals surface area (Å²) in [4.78, 5) is 12.4. The van der Waals surface area contributed by atoms with Crippen LogP contribution >= 0.6 is 15.9 Å². The zero-order valence-corrected chi connectivity index (χ0v) is 12.8. The summed E-state index contributed by atoms with van der Waals surface area (Å²) in [6, 6.07) is 5.91. The molecule has 2 unspecified atom stereocenters. The summed E-state index contributed by atoms with van der Waals surface area (Å²) in [5.74, 6) is 0.368. The number of hydrogen-bond donors (Lipinski definition) is 3. The average Bonchev–Trinajstić information content (AvgIpc) is 2.84. The first-order valence-corrected chi connectivity index (χ1v) is 7.59. The molecule has 6 heteroatoms. The number of rotatable bonds is 2. The van der Waals surface area contributed by atoms with Gasteiger partial charge in [0.15, 0.2) is 5.69 Å². The van der Waals surface area contributed by atoms with Gasteiger partial charge in [-0.2, -0.15) is 5.10 Å². The zero-order valence-electron chi connectivity index (χ0n) is 11.2. The molecule has 1 amide bonds. The molecule has 20 heavy (non-hydrogen) atoms. The molecule has 2 atom stereocenters. The number of nitrogens with one attached hydrogen (secondary N) is 3. The molecular weight excluding hydrogens is 320 g/mol. The second-order valence-electron chi connectivity index (χ2n) is 5.31. The molecular formula is C14H17BrN4O. The molecule has 0 saturated carbocycles.